The second kappa shape index (κ2) is 7.19. The summed E-state index contributed by atoms with van der Waals surface area (Å²) in [5, 5.41) is 3.68. The zero-order valence-corrected chi connectivity index (χ0v) is 15.1. The van der Waals surface area contributed by atoms with Crippen LogP contribution >= 0.6 is 11.6 Å². The summed E-state index contributed by atoms with van der Waals surface area (Å²) in [5.74, 6) is 1.07. The van der Waals surface area contributed by atoms with Gasteiger partial charge in [0.05, 0.1) is 24.3 Å². The molecule has 2 aliphatic carbocycles. The number of nitrogens with zero attached hydrogens (tertiary/aromatic N) is 1. The summed E-state index contributed by atoms with van der Waals surface area (Å²) >= 11 is 6.15. The number of guanidine groups is 1. The number of nitrogens with one attached hydrogen (secondary N) is 1. The van der Waals surface area contributed by atoms with Gasteiger partial charge in [-0.2, -0.15) is 0 Å². The molecular weight excluding hydrogens is 326 g/mol. The van der Waals surface area contributed by atoms with Crippen molar-refractivity contribution in [2.24, 2.45) is 16.1 Å². The van der Waals surface area contributed by atoms with Crippen molar-refractivity contribution < 1.29 is 9.47 Å². The van der Waals surface area contributed by atoms with Gasteiger partial charge in [-0.1, -0.05) is 24.4 Å². The summed E-state index contributed by atoms with van der Waals surface area (Å²) in [6.45, 7) is 2.82. The lowest BCUT2D eigenvalue weighted by atomic mass is 9.61. The Bertz CT molecular complexity index is 614. The molecule has 2 aliphatic rings. The SMILES string of the molecule is CCOC1CC(N=C(N)Nc2ccc(OC)c(Cl)c2)C12CCCC2. The fourth-order valence-electron chi connectivity index (χ4n) is 4.12. The Morgan fingerprint density at radius 3 is 2.79 bits per heavy atom. The van der Waals surface area contributed by atoms with Gasteiger partial charge in [0, 0.05) is 17.7 Å². The summed E-state index contributed by atoms with van der Waals surface area (Å²) < 4.78 is 11.1. The van der Waals surface area contributed by atoms with E-state index in [4.69, 9.17) is 31.8 Å². The lowest BCUT2D eigenvalue weighted by molar-refractivity contribution is -0.119. The number of anilines is 1. The fourth-order valence-corrected chi connectivity index (χ4v) is 4.38. The quantitative estimate of drug-likeness (QED) is 0.625. The minimum Gasteiger partial charge on any atom is -0.495 e. The first-order chi connectivity index (χ1) is 11.6. The normalized spacial score (nSPS) is 25.5. The van der Waals surface area contributed by atoms with Crippen LogP contribution in [0.25, 0.3) is 0 Å². The molecule has 2 fully saturated rings. The average molecular weight is 352 g/mol. The number of halogens is 1. The van der Waals surface area contributed by atoms with Crippen LogP contribution in [0.1, 0.15) is 39.0 Å². The Morgan fingerprint density at radius 1 is 1.42 bits per heavy atom. The van der Waals surface area contributed by atoms with Gasteiger partial charge in [0.15, 0.2) is 5.96 Å². The van der Waals surface area contributed by atoms with Crippen LogP contribution in [0.4, 0.5) is 5.69 Å². The third-order valence-electron chi connectivity index (χ3n) is 5.36. The van der Waals surface area contributed by atoms with Crippen molar-refractivity contribution in [3.63, 3.8) is 0 Å². The smallest absolute Gasteiger partial charge is 0.193 e. The third-order valence-corrected chi connectivity index (χ3v) is 5.66. The van der Waals surface area contributed by atoms with Gasteiger partial charge in [-0.3, -0.25) is 0 Å². The molecule has 1 aromatic rings. The average Bonchev–Trinajstić information content (AvgIpc) is 3.07. The Kier molecular flexibility index (Phi) is 5.21. The fraction of sp³-hybridized carbons (Fsp3) is 0.611. The molecule has 0 bridgehead atoms. The van der Waals surface area contributed by atoms with Crippen molar-refractivity contribution >= 4 is 23.2 Å². The van der Waals surface area contributed by atoms with E-state index in [1.807, 2.05) is 12.1 Å². The number of aliphatic imine (C=N–C) groups is 1. The molecule has 0 amide bonds. The van der Waals surface area contributed by atoms with Crippen LogP contribution in [0.5, 0.6) is 5.75 Å². The van der Waals surface area contributed by atoms with E-state index in [9.17, 15) is 0 Å². The standard InChI is InChI=1S/C18H26ClN3O2/c1-3-24-16-11-15(18(16)8-4-5-9-18)22-17(20)21-12-6-7-14(23-2)13(19)10-12/h6-7,10,15-16H,3-5,8-9,11H2,1-2H3,(H3,20,21,22). The summed E-state index contributed by atoms with van der Waals surface area (Å²) in [6, 6.07) is 5.73. The van der Waals surface area contributed by atoms with Gasteiger partial charge < -0.3 is 20.5 Å². The molecule has 3 N–H and O–H groups in total. The molecule has 2 atom stereocenters. The second-order valence-corrected chi connectivity index (χ2v) is 7.03. The first-order valence-corrected chi connectivity index (χ1v) is 9.02. The van der Waals surface area contributed by atoms with Crippen LogP contribution in [0.15, 0.2) is 23.2 Å². The number of nitrogens with two attached hydrogens (primary N) is 1. The number of hydrogen-bond acceptors (Lipinski definition) is 3. The molecule has 24 heavy (non-hydrogen) atoms. The van der Waals surface area contributed by atoms with Crippen molar-refractivity contribution in [3.8, 4) is 5.75 Å². The topological polar surface area (TPSA) is 68.9 Å². The Labute approximate surface area is 148 Å². The summed E-state index contributed by atoms with van der Waals surface area (Å²) in [7, 11) is 1.59. The van der Waals surface area contributed by atoms with Crippen LogP contribution < -0.4 is 15.8 Å². The van der Waals surface area contributed by atoms with Gasteiger partial charge in [0.25, 0.3) is 0 Å². The molecule has 2 saturated carbocycles. The Balaban J connectivity index is 1.68. The molecule has 2 unspecified atom stereocenters. The summed E-state index contributed by atoms with van der Waals surface area (Å²) in [6.07, 6.45) is 6.19. The summed E-state index contributed by atoms with van der Waals surface area (Å²) in [4.78, 5) is 4.75. The molecule has 3 rings (SSSR count). The van der Waals surface area contributed by atoms with Crippen molar-refractivity contribution in [2.45, 2.75) is 51.2 Å². The predicted molar refractivity (Wildman–Crippen MR) is 98.0 cm³/mol. The van der Waals surface area contributed by atoms with Crippen molar-refractivity contribution in [1.82, 2.24) is 0 Å². The van der Waals surface area contributed by atoms with Gasteiger partial charge in [-0.15, -0.1) is 0 Å². The largest absolute Gasteiger partial charge is 0.495 e. The maximum absolute atomic E-state index is 6.15. The molecule has 0 radical (unpaired) electrons. The van der Waals surface area contributed by atoms with Crippen LogP contribution in [-0.2, 0) is 4.74 Å². The molecule has 0 aliphatic heterocycles. The third kappa shape index (κ3) is 3.20. The molecular formula is C18H26ClN3O2. The van der Waals surface area contributed by atoms with Crippen molar-refractivity contribution in [2.75, 3.05) is 19.0 Å². The lowest BCUT2D eigenvalue weighted by Crippen LogP contribution is -2.56. The number of rotatable bonds is 5. The van der Waals surface area contributed by atoms with E-state index in [2.05, 4.69) is 12.2 Å². The summed E-state index contributed by atoms with van der Waals surface area (Å²) in [5.41, 5.74) is 7.13. The number of ether oxygens (including phenoxy) is 2. The van der Waals surface area contributed by atoms with Gasteiger partial charge in [-0.05, 0) is 44.4 Å². The van der Waals surface area contributed by atoms with E-state index in [0.717, 1.165) is 18.7 Å². The molecule has 0 aromatic heterocycles. The van der Waals surface area contributed by atoms with E-state index < -0.39 is 0 Å². The molecule has 132 valence electrons. The van der Waals surface area contributed by atoms with Crippen molar-refractivity contribution in [3.05, 3.63) is 23.2 Å². The monoisotopic (exact) mass is 351 g/mol. The van der Waals surface area contributed by atoms with Gasteiger partial charge in [0.2, 0.25) is 0 Å². The highest BCUT2D eigenvalue weighted by atomic mass is 35.5. The van der Waals surface area contributed by atoms with Crippen molar-refractivity contribution in [1.29, 1.82) is 0 Å². The molecule has 5 nitrogen and oxygen atoms in total. The number of hydrogen-bond donors (Lipinski definition) is 2. The van der Waals surface area contributed by atoms with E-state index in [-0.39, 0.29) is 11.5 Å². The Morgan fingerprint density at radius 2 is 2.17 bits per heavy atom. The van der Waals surface area contributed by atoms with Crippen LogP contribution in [-0.4, -0.2) is 31.8 Å². The highest BCUT2D eigenvalue weighted by molar-refractivity contribution is 6.32. The molecule has 1 spiro atoms. The van der Waals surface area contributed by atoms with E-state index in [1.165, 1.54) is 25.7 Å². The van der Waals surface area contributed by atoms with E-state index in [0.29, 0.717) is 22.8 Å². The van der Waals surface area contributed by atoms with Crippen LogP contribution in [0.2, 0.25) is 5.02 Å². The van der Waals surface area contributed by atoms with Gasteiger partial charge in [-0.25, -0.2) is 4.99 Å². The second-order valence-electron chi connectivity index (χ2n) is 6.62. The maximum Gasteiger partial charge on any atom is 0.193 e. The highest BCUT2D eigenvalue weighted by Gasteiger charge is 2.56. The first kappa shape index (κ1) is 17.4. The van der Waals surface area contributed by atoms with E-state index in [1.54, 1.807) is 13.2 Å². The number of methoxy groups -OCH3 is 1. The van der Waals surface area contributed by atoms with Crippen LogP contribution in [0, 0.1) is 5.41 Å². The zero-order chi connectivity index (χ0) is 17.2. The van der Waals surface area contributed by atoms with Gasteiger partial charge in [0.1, 0.15) is 5.75 Å². The highest BCUT2D eigenvalue weighted by Crippen LogP contribution is 2.56. The molecule has 0 saturated heterocycles. The molecule has 6 heteroatoms. The zero-order valence-electron chi connectivity index (χ0n) is 14.3. The minimum absolute atomic E-state index is 0.194. The maximum atomic E-state index is 6.15. The first-order valence-electron chi connectivity index (χ1n) is 8.64. The molecule has 1 aromatic carbocycles. The van der Waals surface area contributed by atoms with Crippen LogP contribution in [0.3, 0.4) is 0 Å². The Hall–Kier alpha value is -1.46. The molecule has 0 heterocycles. The van der Waals surface area contributed by atoms with Gasteiger partial charge >= 0.3 is 0 Å². The van der Waals surface area contributed by atoms with E-state index >= 15 is 0 Å². The predicted octanol–water partition coefficient (Wildman–Crippen LogP) is 3.81. The minimum atomic E-state index is 0.194. The lowest BCUT2D eigenvalue weighted by Gasteiger charge is -2.52. The number of benzene rings is 1.